The first-order valence-corrected chi connectivity index (χ1v) is 6.13. The Kier molecular flexibility index (Phi) is 2.71. The van der Waals surface area contributed by atoms with E-state index in [1.165, 1.54) is 12.1 Å². The van der Waals surface area contributed by atoms with Gasteiger partial charge in [0.15, 0.2) is 0 Å². The lowest BCUT2D eigenvalue weighted by Gasteiger charge is -2.00. The van der Waals surface area contributed by atoms with Crippen molar-refractivity contribution in [1.29, 1.82) is 0 Å². The lowest BCUT2D eigenvalue weighted by atomic mass is 10.1. The van der Waals surface area contributed by atoms with Gasteiger partial charge < -0.3 is 15.3 Å². The molecule has 0 amide bonds. The minimum Gasteiger partial charge on any atom is -0.508 e. The van der Waals surface area contributed by atoms with Crippen molar-refractivity contribution in [1.82, 2.24) is 0 Å². The maximum Gasteiger partial charge on any atom is 0.368 e. The molecule has 0 fully saturated rings. The summed E-state index contributed by atoms with van der Waals surface area (Å²) in [5.41, 5.74) is 2.06. The van der Waals surface area contributed by atoms with Crippen LogP contribution in [0, 0.1) is 6.92 Å². The standard InChI is InChI=1S/C16H12O4/c1-9-6-13-14(19)7-12(18)8-15(13)20-16(9)10-2-4-11(17)5-3-10/h2-8H,1H3,(H2-,17,18,19)/p+1. The molecule has 0 atom stereocenters. The summed E-state index contributed by atoms with van der Waals surface area (Å²) in [5, 5.41) is 29.2. The van der Waals surface area contributed by atoms with Crippen LogP contribution in [0.1, 0.15) is 5.56 Å². The Balaban J connectivity index is 2.26. The number of aryl methyl sites for hydroxylation is 1. The maximum atomic E-state index is 9.82. The highest BCUT2D eigenvalue weighted by atomic mass is 16.3. The van der Waals surface area contributed by atoms with E-state index in [4.69, 9.17) is 4.42 Å². The second kappa shape index (κ2) is 4.42. The zero-order valence-corrected chi connectivity index (χ0v) is 10.8. The van der Waals surface area contributed by atoms with Crippen LogP contribution >= 0.6 is 0 Å². The van der Waals surface area contributed by atoms with Crippen molar-refractivity contribution in [2.45, 2.75) is 6.92 Å². The van der Waals surface area contributed by atoms with E-state index in [0.29, 0.717) is 16.7 Å². The monoisotopic (exact) mass is 269 g/mol. The largest absolute Gasteiger partial charge is 0.508 e. The Labute approximate surface area is 115 Å². The van der Waals surface area contributed by atoms with Crippen molar-refractivity contribution >= 4 is 11.0 Å². The van der Waals surface area contributed by atoms with Gasteiger partial charge in [-0.05, 0) is 37.3 Å². The molecule has 0 spiro atoms. The Morgan fingerprint density at radius 3 is 2.25 bits per heavy atom. The third-order valence-electron chi connectivity index (χ3n) is 3.17. The van der Waals surface area contributed by atoms with Crippen LogP contribution in [-0.2, 0) is 0 Å². The molecule has 1 aromatic heterocycles. The molecule has 100 valence electrons. The van der Waals surface area contributed by atoms with E-state index in [2.05, 4.69) is 0 Å². The molecule has 0 saturated carbocycles. The molecule has 0 aliphatic heterocycles. The fourth-order valence-electron chi connectivity index (χ4n) is 2.20. The van der Waals surface area contributed by atoms with Gasteiger partial charge in [0.25, 0.3) is 0 Å². The van der Waals surface area contributed by atoms with Gasteiger partial charge in [-0.15, -0.1) is 0 Å². The second-order valence-corrected chi connectivity index (χ2v) is 4.68. The van der Waals surface area contributed by atoms with Crippen molar-refractivity contribution in [2.24, 2.45) is 0 Å². The number of rotatable bonds is 1. The zero-order chi connectivity index (χ0) is 14.3. The number of fused-ring (bicyclic) bond motifs is 1. The fraction of sp³-hybridized carbons (Fsp3) is 0.0625. The number of benzene rings is 2. The van der Waals surface area contributed by atoms with Crippen LogP contribution < -0.4 is 0 Å². The quantitative estimate of drug-likeness (QED) is 0.587. The summed E-state index contributed by atoms with van der Waals surface area (Å²) < 4.78 is 5.78. The molecule has 0 aliphatic carbocycles. The molecular weight excluding hydrogens is 256 g/mol. The molecule has 4 heteroatoms. The minimum atomic E-state index is -0.0562. The van der Waals surface area contributed by atoms with Crippen LogP contribution in [0.3, 0.4) is 0 Å². The molecule has 4 nitrogen and oxygen atoms in total. The first kappa shape index (κ1) is 12.3. The van der Waals surface area contributed by atoms with Crippen LogP contribution in [0.2, 0.25) is 0 Å². The SMILES string of the molecule is Cc1cc2c(O)cc(O)cc2[o+]c1-c1ccc(O)cc1. The normalized spacial score (nSPS) is 10.8. The van der Waals surface area contributed by atoms with Gasteiger partial charge in [-0.2, -0.15) is 0 Å². The van der Waals surface area contributed by atoms with Gasteiger partial charge in [0.05, 0.1) is 17.2 Å². The number of hydrogen-bond donors (Lipinski definition) is 3. The van der Waals surface area contributed by atoms with E-state index in [1.54, 1.807) is 30.3 Å². The predicted molar refractivity (Wildman–Crippen MR) is 75.8 cm³/mol. The summed E-state index contributed by atoms with van der Waals surface area (Å²) in [6.45, 7) is 1.87. The minimum absolute atomic E-state index is 0.0240. The number of aromatic hydroxyl groups is 3. The number of hydrogen-bond acceptors (Lipinski definition) is 3. The van der Waals surface area contributed by atoms with Gasteiger partial charge >= 0.3 is 11.3 Å². The molecule has 0 saturated heterocycles. The zero-order valence-electron chi connectivity index (χ0n) is 10.8. The maximum absolute atomic E-state index is 9.82. The van der Waals surface area contributed by atoms with E-state index < -0.39 is 0 Å². The molecule has 20 heavy (non-hydrogen) atoms. The highest BCUT2D eigenvalue weighted by Gasteiger charge is 2.21. The van der Waals surface area contributed by atoms with Gasteiger partial charge in [0.1, 0.15) is 22.6 Å². The van der Waals surface area contributed by atoms with Crippen LogP contribution in [0.4, 0.5) is 0 Å². The predicted octanol–water partition coefficient (Wildman–Crippen LogP) is 3.81. The first-order valence-electron chi connectivity index (χ1n) is 6.13. The Bertz CT molecular complexity index is 792. The van der Waals surface area contributed by atoms with Crippen LogP contribution in [-0.4, -0.2) is 15.3 Å². The lowest BCUT2D eigenvalue weighted by Crippen LogP contribution is -1.85. The van der Waals surface area contributed by atoms with E-state index in [9.17, 15) is 15.3 Å². The van der Waals surface area contributed by atoms with Gasteiger partial charge in [-0.1, -0.05) is 0 Å². The molecule has 0 aliphatic rings. The summed E-state index contributed by atoms with van der Waals surface area (Å²) >= 11 is 0. The average molecular weight is 269 g/mol. The van der Waals surface area contributed by atoms with Crippen LogP contribution in [0.15, 0.2) is 46.9 Å². The van der Waals surface area contributed by atoms with Crippen molar-refractivity contribution < 1.29 is 19.7 Å². The van der Waals surface area contributed by atoms with Crippen LogP contribution in [0.25, 0.3) is 22.3 Å². The number of phenolic OH excluding ortho intramolecular Hbond substituents is 3. The van der Waals surface area contributed by atoms with E-state index in [0.717, 1.165) is 11.1 Å². The first-order chi connectivity index (χ1) is 9.54. The van der Waals surface area contributed by atoms with E-state index >= 15 is 0 Å². The summed E-state index contributed by atoms with van der Waals surface area (Å²) in [5.74, 6) is 0.730. The molecule has 3 N–H and O–H groups in total. The Hall–Kier alpha value is -2.75. The fourth-order valence-corrected chi connectivity index (χ4v) is 2.20. The summed E-state index contributed by atoms with van der Waals surface area (Å²) in [6.07, 6.45) is 0. The third kappa shape index (κ3) is 2.01. The second-order valence-electron chi connectivity index (χ2n) is 4.68. The van der Waals surface area contributed by atoms with Crippen molar-refractivity contribution in [2.75, 3.05) is 0 Å². The summed E-state index contributed by atoms with van der Waals surface area (Å²) in [6, 6.07) is 11.2. The summed E-state index contributed by atoms with van der Waals surface area (Å²) in [7, 11) is 0. The molecule has 0 unspecified atom stereocenters. The van der Waals surface area contributed by atoms with E-state index in [-0.39, 0.29) is 17.2 Å². The van der Waals surface area contributed by atoms with Crippen molar-refractivity contribution in [3.63, 3.8) is 0 Å². The molecule has 0 radical (unpaired) electrons. The Morgan fingerprint density at radius 2 is 1.55 bits per heavy atom. The van der Waals surface area contributed by atoms with Gasteiger partial charge in [-0.25, -0.2) is 4.42 Å². The highest BCUT2D eigenvalue weighted by molar-refractivity contribution is 5.87. The third-order valence-corrected chi connectivity index (χ3v) is 3.17. The molecule has 3 aromatic rings. The molecule has 1 heterocycles. The molecular formula is C16H13O4+. The van der Waals surface area contributed by atoms with E-state index in [1.807, 2.05) is 6.92 Å². The smallest absolute Gasteiger partial charge is 0.368 e. The van der Waals surface area contributed by atoms with Crippen molar-refractivity contribution in [3.05, 3.63) is 48.0 Å². The highest BCUT2D eigenvalue weighted by Crippen LogP contribution is 2.35. The topological polar surface area (TPSA) is 72.0 Å². The Morgan fingerprint density at radius 1 is 0.850 bits per heavy atom. The molecule has 3 rings (SSSR count). The van der Waals surface area contributed by atoms with Gasteiger partial charge in [0, 0.05) is 6.07 Å². The molecule has 0 bridgehead atoms. The molecule has 2 aromatic carbocycles. The van der Waals surface area contributed by atoms with Crippen LogP contribution in [0.5, 0.6) is 17.2 Å². The summed E-state index contributed by atoms with van der Waals surface area (Å²) in [4.78, 5) is 0. The van der Waals surface area contributed by atoms with Gasteiger partial charge in [0.2, 0.25) is 0 Å². The van der Waals surface area contributed by atoms with Gasteiger partial charge in [-0.3, -0.25) is 0 Å². The lowest BCUT2D eigenvalue weighted by molar-refractivity contribution is 0.452. The van der Waals surface area contributed by atoms with Crippen molar-refractivity contribution in [3.8, 4) is 28.6 Å². The average Bonchev–Trinajstić information content (AvgIpc) is 2.40. The number of phenols is 3.